The number of rotatable bonds is 37. The third-order valence-corrected chi connectivity index (χ3v) is 9.16. The lowest BCUT2D eigenvalue weighted by Crippen LogP contribution is -2.21. The van der Waals surface area contributed by atoms with Crippen LogP contribution in [0.4, 0.5) is 0 Å². The Kier molecular flexibility index (Phi) is 36.6. The van der Waals surface area contributed by atoms with Crippen molar-refractivity contribution in [2.24, 2.45) is 0 Å². The van der Waals surface area contributed by atoms with Gasteiger partial charge in [-0.05, 0) is 51.4 Å². The Hall–Kier alpha value is -1.58. The minimum absolute atomic E-state index is 0.0764. The summed E-state index contributed by atoms with van der Waals surface area (Å²) in [5, 5.41) is 9.27. The van der Waals surface area contributed by atoms with Gasteiger partial charge >= 0.3 is 11.9 Å². The number of carbonyl (C=O) groups excluding carboxylic acids is 1. The van der Waals surface area contributed by atoms with Crippen molar-refractivity contribution in [2.45, 2.75) is 232 Å². The van der Waals surface area contributed by atoms with E-state index in [1.54, 1.807) is 0 Å². The van der Waals surface area contributed by atoms with Crippen molar-refractivity contribution in [1.82, 2.24) is 0 Å². The molecule has 1 atom stereocenters. The van der Waals surface area contributed by atoms with Gasteiger partial charge in [0.2, 0.25) is 0 Å². The molecule has 0 saturated heterocycles. The van der Waals surface area contributed by atoms with E-state index in [-0.39, 0.29) is 12.4 Å². The summed E-state index contributed by atoms with van der Waals surface area (Å²) < 4.78 is 5.58. The molecular formula is C42H78O4. The fourth-order valence-corrected chi connectivity index (χ4v) is 6.17. The van der Waals surface area contributed by atoms with Gasteiger partial charge in [0.1, 0.15) is 6.10 Å². The van der Waals surface area contributed by atoms with Gasteiger partial charge in [-0.15, -0.1) is 0 Å². The molecule has 0 aliphatic heterocycles. The molecule has 0 aromatic carbocycles. The molecule has 1 unspecified atom stereocenters. The van der Waals surface area contributed by atoms with Crippen LogP contribution in [-0.4, -0.2) is 23.1 Å². The minimum Gasteiger partial charge on any atom is -0.481 e. The number of esters is 1. The third kappa shape index (κ3) is 36.9. The Morgan fingerprint density at radius 3 is 1.33 bits per heavy atom. The minimum atomic E-state index is -0.882. The summed E-state index contributed by atoms with van der Waals surface area (Å²) >= 11 is 0. The zero-order chi connectivity index (χ0) is 33.6. The smallest absolute Gasteiger partial charge is 0.307 e. The highest BCUT2D eigenvalue weighted by Gasteiger charge is 2.17. The number of aliphatic carboxylic acids is 1. The summed E-state index contributed by atoms with van der Waals surface area (Å²) in [6.45, 7) is 4.52. The van der Waals surface area contributed by atoms with Crippen molar-refractivity contribution in [3.63, 3.8) is 0 Å². The van der Waals surface area contributed by atoms with E-state index in [4.69, 9.17) is 4.74 Å². The third-order valence-electron chi connectivity index (χ3n) is 9.16. The quantitative estimate of drug-likeness (QED) is 0.0414. The van der Waals surface area contributed by atoms with Crippen LogP contribution in [0.1, 0.15) is 226 Å². The summed E-state index contributed by atoms with van der Waals surface area (Å²) in [6.07, 6.45) is 47.8. The van der Waals surface area contributed by atoms with E-state index in [1.165, 1.54) is 148 Å². The van der Waals surface area contributed by atoms with Crippen molar-refractivity contribution in [3.8, 4) is 0 Å². The molecule has 0 amide bonds. The maximum absolute atomic E-state index is 12.3. The Bertz CT molecular complexity index is 698. The van der Waals surface area contributed by atoms with Crippen molar-refractivity contribution in [1.29, 1.82) is 0 Å². The average molecular weight is 647 g/mol. The SMILES string of the molecule is CCCCC/C=C\C/C=C\CCCCCCCC(=O)OC(CCCCCCCCCCCCCCCCCCCCC)CC(=O)O. The lowest BCUT2D eigenvalue weighted by molar-refractivity contribution is -0.153. The molecule has 0 aliphatic carbocycles. The van der Waals surface area contributed by atoms with Gasteiger partial charge in [0.05, 0.1) is 6.42 Å². The fourth-order valence-electron chi connectivity index (χ4n) is 6.17. The Balaban J connectivity index is 3.63. The van der Waals surface area contributed by atoms with Crippen molar-refractivity contribution in [2.75, 3.05) is 0 Å². The Morgan fingerprint density at radius 2 is 0.870 bits per heavy atom. The molecule has 4 nitrogen and oxygen atoms in total. The number of hydrogen-bond acceptors (Lipinski definition) is 3. The number of hydrogen-bond donors (Lipinski definition) is 1. The zero-order valence-electron chi connectivity index (χ0n) is 30.9. The predicted molar refractivity (Wildman–Crippen MR) is 200 cm³/mol. The van der Waals surface area contributed by atoms with Gasteiger partial charge in [0.25, 0.3) is 0 Å². The summed E-state index contributed by atoms with van der Waals surface area (Å²) in [4.78, 5) is 23.6. The average Bonchev–Trinajstić information content (AvgIpc) is 3.03. The standard InChI is InChI=1S/C42H78O4/c1-3-5-7-9-11-13-15-17-19-20-21-22-24-25-27-29-31-33-35-37-40(39-41(43)44)46-42(45)38-36-34-32-30-28-26-23-18-16-14-12-10-8-6-4-2/h12,14,18,23,40H,3-11,13,15-17,19-22,24-39H2,1-2H3,(H,43,44)/b14-12-,23-18-. The molecule has 0 rings (SSSR count). The molecule has 46 heavy (non-hydrogen) atoms. The number of unbranched alkanes of at least 4 members (excludes halogenated alkanes) is 26. The van der Waals surface area contributed by atoms with Gasteiger partial charge in [0, 0.05) is 6.42 Å². The van der Waals surface area contributed by atoms with Crippen LogP contribution < -0.4 is 0 Å². The van der Waals surface area contributed by atoms with Gasteiger partial charge in [0.15, 0.2) is 0 Å². The van der Waals surface area contributed by atoms with Crippen LogP contribution >= 0.6 is 0 Å². The molecule has 270 valence electrons. The molecule has 0 radical (unpaired) electrons. The van der Waals surface area contributed by atoms with Gasteiger partial charge in [-0.2, -0.15) is 0 Å². The molecule has 0 bridgehead atoms. The molecule has 1 N–H and O–H groups in total. The highest BCUT2D eigenvalue weighted by Crippen LogP contribution is 2.17. The first kappa shape index (κ1) is 44.4. The number of carboxylic acid groups (broad SMARTS) is 1. The second-order valence-corrected chi connectivity index (χ2v) is 13.8. The zero-order valence-corrected chi connectivity index (χ0v) is 30.9. The largest absolute Gasteiger partial charge is 0.481 e. The highest BCUT2D eigenvalue weighted by molar-refractivity contribution is 5.71. The molecule has 4 heteroatoms. The van der Waals surface area contributed by atoms with Crippen LogP contribution in [0.3, 0.4) is 0 Å². The number of carboxylic acids is 1. The first-order chi connectivity index (χ1) is 22.6. The molecule has 0 aromatic heterocycles. The molecule has 0 aliphatic rings. The molecule has 0 spiro atoms. The second-order valence-electron chi connectivity index (χ2n) is 13.8. The molecule has 0 saturated carbocycles. The van der Waals surface area contributed by atoms with Crippen LogP contribution in [0.5, 0.6) is 0 Å². The second kappa shape index (κ2) is 37.9. The lowest BCUT2D eigenvalue weighted by atomic mass is 10.0. The maximum atomic E-state index is 12.3. The van der Waals surface area contributed by atoms with Crippen LogP contribution in [0.25, 0.3) is 0 Å². The van der Waals surface area contributed by atoms with Gasteiger partial charge in [-0.25, -0.2) is 0 Å². The normalized spacial score (nSPS) is 12.4. The van der Waals surface area contributed by atoms with Gasteiger partial charge in [-0.1, -0.05) is 186 Å². The van der Waals surface area contributed by atoms with E-state index in [9.17, 15) is 14.7 Å². The molecule has 0 heterocycles. The molecule has 0 fully saturated rings. The summed E-state index contributed by atoms with van der Waals surface area (Å²) in [5.41, 5.74) is 0. The van der Waals surface area contributed by atoms with Crippen LogP contribution in [0.15, 0.2) is 24.3 Å². The Morgan fingerprint density at radius 1 is 0.500 bits per heavy atom. The van der Waals surface area contributed by atoms with E-state index in [0.29, 0.717) is 12.8 Å². The van der Waals surface area contributed by atoms with Crippen molar-refractivity contribution >= 4 is 11.9 Å². The summed E-state index contributed by atoms with van der Waals surface area (Å²) in [5.74, 6) is -1.11. The molecule has 0 aromatic rings. The molecular weight excluding hydrogens is 568 g/mol. The van der Waals surface area contributed by atoms with Crippen LogP contribution in [-0.2, 0) is 14.3 Å². The Labute approximate surface area is 287 Å². The van der Waals surface area contributed by atoms with Gasteiger partial charge < -0.3 is 9.84 Å². The first-order valence-corrected chi connectivity index (χ1v) is 20.3. The van der Waals surface area contributed by atoms with E-state index in [2.05, 4.69) is 38.2 Å². The van der Waals surface area contributed by atoms with E-state index in [1.807, 2.05) is 0 Å². The van der Waals surface area contributed by atoms with Crippen molar-refractivity contribution in [3.05, 3.63) is 24.3 Å². The van der Waals surface area contributed by atoms with Crippen molar-refractivity contribution < 1.29 is 19.4 Å². The van der Waals surface area contributed by atoms with Crippen LogP contribution in [0.2, 0.25) is 0 Å². The van der Waals surface area contributed by atoms with E-state index >= 15 is 0 Å². The maximum Gasteiger partial charge on any atom is 0.307 e. The summed E-state index contributed by atoms with van der Waals surface area (Å²) in [6, 6.07) is 0. The van der Waals surface area contributed by atoms with E-state index < -0.39 is 12.1 Å². The highest BCUT2D eigenvalue weighted by atomic mass is 16.5. The van der Waals surface area contributed by atoms with E-state index in [0.717, 1.165) is 44.9 Å². The number of carbonyl (C=O) groups is 2. The lowest BCUT2D eigenvalue weighted by Gasteiger charge is -2.16. The fraction of sp³-hybridized carbons (Fsp3) is 0.857. The first-order valence-electron chi connectivity index (χ1n) is 20.3. The number of ether oxygens (including phenoxy) is 1. The number of allylic oxidation sites excluding steroid dienone is 4. The topological polar surface area (TPSA) is 63.6 Å². The summed E-state index contributed by atoms with van der Waals surface area (Å²) in [7, 11) is 0. The van der Waals surface area contributed by atoms with Crippen LogP contribution in [0, 0.1) is 0 Å². The monoisotopic (exact) mass is 647 g/mol. The van der Waals surface area contributed by atoms with Gasteiger partial charge in [-0.3, -0.25) is 9.59 Å². The predicted octanol–water partition coefficient (Wildman–Crippen LogP) is 14.0.